The number of thiophene rings is 1. The summed E-state index contributed by atoms with van der Waals surface area (Å²) in [7, 11) is -3.56. The number of aromatic amines is 1. The maximum absolute atomic E-state index is 12.3. The third-order valence-corrected chi connectivity index (χ3v) is 4.93. The molecule has 104 valence electrons. The number of nitrogens with zero attached hydrogens (tertiary/aromatic N) is 1. The number of sulfonamides is 1. The highest BCUT2D eigenvalue weighted by Gasteiger charge is 2.20. The van der Waals surface area contributed by atoms with Crippen molar-refractivity contribution in [2.75, 3.05) is 4.72 Å². The van der Waals surface area contributed by atoms with E-state index in [1.54, 1.807) is 11.4 Å². The van der Waals surface area contributed by atoms with Crippen LogP contribution in [0.3, 0.4) is 0 Å². The number of H-pyrrole nitrogens is 1. The second-order valence-electron chi connectivity index (χ2n) is 4.34. The Morgan fingerprint density at radius 2 is 2.26 bits per heavy atom. The molecule has 6 nitrogen and oxygen atoms in total. The first-order chi connectivity index (χ1) is 8.99. The molecule has 0 aliphatic rings. The topological polar surface area (TPSA) is 86.9 Å². The molecule has 2 aromatic rings. The molecule has 0 aliphatic carbocycles. The van der Waals surface area contributed by atoms with Gasteiger partial charge in [0.25, 0.3) is 10.0 Å². The lowest BCUT2D eigenvalue weighted by molar-refractivity contribution is 0.581. The van der Waals surface area contributed by atoms with Gasteiger partial charge in [-0.25, -0.2) is 8.42 Å². The molecule has 0 unspecified atom stereocenters. The number of nitrogens with one attached hydrogen (secondary N) is 3. The molecule has 0 aromatic carbocycles. The van der Waals surface area contributed by atoms with Crippen molar-refractivity contribution in [2.24, 2.45) is 0 Å². The molecule has 2 rings (SSSR count). The van der Waals surface area contributed by atoms with Gasteiger partial charge in [-0.1, -0.05) is 13.8 Å². The molecular formula is C11H16N4O2S2. The Labute approximate surface area is 116 Å². The summed E-state index contributed by atoms with van der Waals surface area (Å²) >= 11 is 1.43. The smallest absolute Gasteiger partial charge is 0.263 e. The molecule has 2 heterocycles. The molecule has 0 amide bonds. The quantitative estimate of drug-likeness (QED) is 0.759. The normalized spacial score (nSPS) is 11.9. The van der Waals surface area contributed by atoms with Crippen molar-refractivity contribution in [3.63, 3.8) is 0 Å². The van der Waals surface area contributed by atoms with Gasteiger partial charge in [0.05, 0.1) is 11.9 Å². The molecule has 8 heteroatoms. The number of hydrogen-bond acceptors (Lipinski definition) is 5. The van der Waals surface area contributed by atoms with Crippen LogP contribution in [0.5, 0.6) is 0 Å². The summed E-state index contributed by atoms with van der Waals surface area (Å²) in [5.41, 5.74) is 0.425. The fraction of sp³-hybridized carbons (Fsp3) is 0.364. The molecule has 0 aliphatic heterocycles. The van der Waals surface area contributed by atoms with Crippen LogP contribution in [0.1, 0.15) is 18.7 Å². The molecule has 19 heavy (non-hydrogen) atoms. The van der Waals surface area contributed by atoms with E-state index in [9.17, 15) is 8.42 Å². The molecule has 0 saturated heterocycles. The Morgan fingerprint density at radius 3 is 2.89 bits per heavy atom. The minimum Gasteiger partial charge on any atom is -0.310 e. The molecule has 0 fully saturated rings. The van der Waals surface area contributed by atoms with Crippen molar-refractivity contribution in [1.29, 1.82) is 0 Å². The fourth-order valence-electron chi connectivity index (χ4n) is 1.51. The van der Waals surface area contributed by atoms with Crippen LogP contribution in [-0.4, -0.2) is 24.7 Å². The van der Waals surface area contributed by atoms with Crippen molar-refractivity contribution >= 4 is 27.0 Å². The molecule has 0 saturated carbocycles. The largest absolute Gasteiger partial charge is 0.310 e. The van der Waals surface area contributed by atoms with E-state index in [1.165, 1.54) is 23.7 Å². The number of hydrogen-bond donors (Lipinski definition) is 3. The summed E-state index contributed by atoms with van der Waals surface area (Å²) in [5.74, 6) is 0. The van der Waals surface area contributed by atoms with E-state index in [0.29, 0.717) is 23.2 Å². The monoisotopic (exact) mass is 300 g/mol. The zero-order valence-electron chi connectivity index (χ0n) is 10.7. The minimum absolute atomic E-state index is 0.305. The van der Waals surface area contributed by atoms with Gasteiger partial charge in [0.2, 0.25) is 0 Å². The lowest BCUT2D eigenvalue weighted by atomic mass is 10.4. The zero-order chi connectivity index (χ0) is 13.9. The molecule has 0 spiro atoms. The molecule has 0 atom stereocenters. The first kappa shape index (κ1) is 14.0. The standard InChI is InChI=1S/C11H16N4O2S2/c1-8(2)12-7-10-11(3-4-18-10)19(16,17)15-9-5-13-14-6-9/h3-6,8,12,15H,7H2,1-2H3,(H,13,14). The van der Waals surface area contributed by atoms with Gasteiger partial charge >= 0.3 is 0 Å². The van der Waals surface area contributed by atoms with E-state index in [-0.39, 0.29) is 0 Å². The number of rotatable bonds is 6. The first-order valence-electron chi connectivity index (χ1n) is 5.80. The Kier molecular flexibility index (Phi) is 4.23. The van der Waals surface area contributed by atoms with Crippen LogP contribution in [0.2, 0.25) is 0 Å². The molecule has 3 N–H and O–H groups in total. The molecular weight excluding hydrogens is 284 g/mol. The summed E-state index contributed by atoms with van der Waals surface area (Å²) in [4.78, 5) is 1.11. The van der Waals surface area contributed by atoms with Crippen LogP contribution in [0.4, 0.5) is 5.69 Å². The average molecular weight is 300 g/mol. The summed E-state index contributed by atoms with van der Waals surface area (Å²) in [6, 6.07) is 1.92. The number of anilines is 1. The summed E-state index contributed by atoms with van der Waals surface area (Å²) in [5, 5.41) is 11.3. The Hall–Kier alpha value is -1.38. The van der Waals surface area contributed by atoms with Gasteiger partial charge in [0.15, 0.2) is 0 Å². The average Bonchev–Trinajstić information content (AvgIpc) is 2.95. The first-order valence-corrected chi connectivity index (χ1v) is 8.16. The summed E-state index contributed by atoms with van der Waals surface area (Å²) < 4.78 is 27.0. The summed E-state index contributed by atoms with van der Waals surface area (Å²) in [6.07, 6.45) is 2.92. The Morgan fingerprint density at radius 1 is 1.47 bits per heavy atom. The number of aromatic nitrogens is 2. The minimum atomic E-state index is -3.56. The van der Waals surface area contributed by atoms with E-state index in [4.69, 9.17) is 0 Å². The molecule has 2 aromatic heterocycles. The highest BCUT2D eigenvalue weighted by Crippen LogP contribution is 2.24. The van der Waals surface area contributed by atoms with Crippen LogP contribution < -0.4 is 10.0 Å². The third-order valence-electron chi connectivity index (χ3n) is 2.42. The Bertz CT molecular complexity index is 617. The van der Waals surface area contributed by atoms with Crippen molar-refractivity contribution < 1.29 is 8.42 Å². The van der Waals surface area contributed by atoms with Crippen molar-refractivity contribution in [1.82, 2.24) is 15.5 Å². The maximum Gasteiger partial charge on any atom is 0.263 e. The van der Waals surface area contributed by atoms with Gasteiger partial charge in [-0.05, 0) is 11.4 Å². The van der Waals surface area contributed by atoms with Gasteiger partial charge in [0, 0.05) is 23.7 Å². The highest BCUT2D eigenvalue weighted by molar-refractivity contribution is 7.93. The van der Waals surface area contributed by atoms with Crippen molar-refractivity contribution in [3.05, 3.63) is 28.7 Å². The van der Waals surface area contributed by atoms with Gasteiger partial charge in [-0.15, -0.1) is 11.3 Å². The fourth-order valence-corrected chi connectivity index (χ4v) is 3.94. The third kappa shape index (κ3) is 3.55. The van der Waals surface area contributed by atoms with Gasteiger partial charge < -0.3 is 5.32 Å². The van der Waals surface area contributed by atoms with E-state index in [2.05, 4.69) is 20.2 Å². The second kappa shape index (κ2) is 5.72. The predicted octanol–water partition coefficient (Wildman–Crippen LogP) is 1.77. The lowest BCUT2D eigenvalue weighted by Gasteiger charge is -2.09. The van der Waals surface area contributed by atoms with Crippen LogP contribution >= 0.6 is 11.3 Å². The van der Waals surface area contributed by atoms with E-state index in [1.807, 2.05) is 13.8 Å². The SMILES string of the molecule is CC(C)NCc1sccc1S(=O)(=O)Nc1cn[nH]c1. The van der Waals surface area contributed by atoms with E-state index in [0.717, 1.165) is 4.88 Å². The highest BCUT2D eigenvalue weighted by atomic mass is 32.2. The molecule has 0 radical (unpaired) electrons. The van der Waals surface area contributed by atoms with Crippen molar-refractivity contribution in [3.8, 4) is 0 Å². The molecule has 0 bridgehead atoms. The van der Waals surface area contributed by atoms with Crippen LogP contribution in [0.25, 0.3) is 0 Å². The summed E-state index contributed by atoms with van der Waals surface area (Å²) in [6.45, 7) is 4.58. The Balaban J connectivity index is 2.19. The second-order valence-corrected chi connectivity index (χ2v) is 6.99. The van der Waals surface area contributed by atoms with Crippen LogP contribution in [0.15, 0.2) is 28.7 Å². The zero-order valence-corrected chi connectivity index (χ0v) is 12.3. The van der Waals surface area contributed by atoms with Crippen LogP contribution in [0, 0.1) is 0 Å². The van der Waals surface area contributed by atoms with Gasteiger partial charge in [-0.2, -0.15) is 5.10 Å². The maximum atomic E-state index is 12.3. The van der Waals surface area contributed by atoms with Crippen LogP contribution in [-0.2, 0) is 16.6 Å². The predicted molar refractivity (Wildman–Crippen MR) is 75.7 cm³/mol. The van der Waals surface area contributed by atoms with Gasteiger partial charge in [-0.3, -0.25) is 9.82 Å². The van der Waals surface area contributed by atoms with E-state index >= 15 is 0 Å². The van der Waals surface area contributed by atoms with Crippen molar-refractivity contribution in [2.45, 2.75) is 31.3 Å². The van der Waals surface area contributed by atoms with Gasteiger partial charge in [0.1, 0.15) is 4.90 Å². The lowest BCUT2D eigenvalue weighted by Crippen LogP contribution is -2.23. The van der Waals surface area contributed by atoms with E-state index < -0.39 is 10.0 Å².